The second-order valence-corrected chi connectivity index (χ2v) is 7.91. The number of fused-ring (bicyclic) bond motifs is 2. The Morgan fingerprint density at radius 1 is 1.03 bits per heavy atom. The molecular weight excluding hydrogens is 414 g/mol. The third-order valence-electron chi connectivity index (χ3n) is 5.66. The highest BCUT2D eigenvalue weighted by molar-refractivity contribution is 6.03. The van der Waals surface area contributed by atoms with Crippen molar-refractivity contribution >= 4 is 28.3 Å². The fourth-order valence-corrected chi connectivity index (χ4v) is 4.13. The number of aromatic nitrogens is 2. The van der Waals surface area contributed by atoms with Crippen LogP contribution in [0, 0.1) is 0 Å². The van der Waals surface area contributed by atoms with Gasteiger partial charge in [-0.3, -0.25) is 9.59 Å². The van der Waals surface area contributed by atoms with Crippen LogP contribution in [-0.4, -0.2) is 34.5 Å². The molecule has 1 spiro atoms. The van der Waals surface area contributed by atoms with Crippen LogP contribution in [0.1, 0.15) is 42.6 Å². The summed E-state index contributed by atoms with van der Waals surface area (Å²) in [4.78, 5) is 36.6. The van der Waals surface area contributed by atoms with Gasteiger partial charge in [-0.2, -0.15) is 5.10 Å². The fourth-order valence-electron chi connectivity index (χ4n) is 4.13. The molecule has 1 aliphatic heterocycles. The number of carbonyl (C=O) groups excluding carboxylic acids is 2. The Hall–Kier alpha value is -3.88. The largest absolute Gasteiger partial charge is 0.451 e. The third-order valence-corrected chi connectivity index (χ3v) is 5.66. The predicted octanol–water partition coefficient (Wildman–Crippen LogP) is 3.15. The summed E-state index contributed by atoms with van der Waals surface area (Å²) in [5, 5.41) is 9.40. The molecule has 2 heterocycles. The molecule has 2 aliphatic rings. The number of rotatable bonds is 4. The van der Waals surface area contributed by atoms with Crippen LogP contribution in [0.3, 0.4) is 0 Å². The molecule has 9 heteroatoms. The number of aromatic amines is 1. The lowest BCUT2D eigenvalue weighted by Crippen LogP contribution is -2.40. The summed E-state index contributed by atoms with van der Waals surface area (Å²) >= 11 is 0. The topological polar surface area (TPSA) is 120 Å². The summed E-state index contributed by atoms with van der Waals surface area (Å²) < 4.78 is 17.2. The summed E-state index contributed by atoms with van der Waals surface area (Å²) in [6.07, 6.45) is 4.97. The molecule has 1 aromatic heterocycles. The fraction of sp³-hybridized carbons (Fsp3) is 0.304. The highest BCUT2D eigenvalue weighted by Gasteiger charge is 2.42. The summed E-state index contributed by atoms with van der Waals surface area (Å²) in [7, 11) is 0. The molecule has 0 unspecified atom stereocenters. The average Bonchev–Trinajstić information content (AvgIpc) is 3.15. The van der Waals surface area contributed by atoms with Gasteiger partial charge in [0.1, 0.15) is 0 Å². The van der Waals surface area contributed by atoms with Gasteiger partial charge in [-0.25, -0.2) is 9.89 Å². The summed E-state index contributed by atoms with van der Waals surface area (Å²) in [5.41, 5.74) is 0.0374. The van der Waals surface area contributed by atoms with Crippen LogP contribution in [0.5, 0.6) is 11.5 Å². The molecule has 1 amide bonds. The van der Waals surface area contributed by atoms with Crippen molar-refractivity contribution in [3.8, 4) is 11.5 Å². The molecule has 0 radical (unpaired) electrons. The van der Waals surface area contributed by atoms with Gasteiger partial charge in [-0.15, -0.1) is 0 Å². The van der Waals surface area contributed by atoms with Crippen LogP contribution in [-0.2, 0) is 9.53 Å². The van der Waals surface area contributed by atoms with Crippen molar-refractivity contribution < 1.29 is 23.8 Å². The summed E-state index contributed by atoms with van der Waals surface area (Å²) in [5.74, 6) is -0.667. The Morgan fingerprint density at radius 3 is 2.59 bits per heavy atom. The number of hydrogen-bond donors (Lipinski definition) is 2. The quantitative estimate of drug-likeness (QED) is 0.604. The molecule has 0 saturated heterocycles. The molecule has 1 fully saturated rings. The Morgan fingerprint density at radius 2 is 1.78 bits per heavy atom. The van der Waals surface area contributed by atoms with E-state index in [0.717, 1.165) is 25.7 Å². The van der Waals surface area contributed by atoms with Crippen molar-refractivity contribution in [2.45, 2.75) is 37.9 Å². The number of benzene rings is 2. The van der Waals surface area contributed by atoms with E-state index in [1.54, 1.807) is 42.5 Å². The lowest BCUT2D eigenvalue weighted by atomic mass is 9.94. The normalized spacial score (nSPS) is 16.1. The van der Waals surface area contributed by atoms with Crippen LogP contribution in [0.2, 0.25) is 0 Å². The molecule has 5 rings (SSSR count). The minimum absolute atomic E-state index is 0.0612. The third kappa shape index (κ3) is 3.77. The first-order valence-corrected chi connectivity index (χ1v) is 10.5. The van der Waals surface area contributed by atoms with E-state index in [2.05, 4.69) is 15.5 Å². The van der Waals surface area contributed by atoms with Crippen molar-refractivity contribution in [2.75, 3.05) is 11.9 Å². The first-order valence-electron chi connectivity index (χ1n) is 10.5. The molecule has 0 atom stereocenters. The van der Waals surface area contributed by atoms with Gasteiger partial charge in [0, 0.05) is 30.0 Å². The SMILES string of the molecule is O=C(COC(=O)c1n[nH]c(=O)c2ccccc12)Nc1ccc2c(c1)OC1(CCCCC1)O2. The van der Waals surface area contributed by atoms with Gasteiger partial charge in [0.15, 0.2) is 23.8 Å². The summed E-state index contributed by atoms with van der Waals surface area (Å²) in [6.45, 7) is -0.508. The molecule has 32 heavy (non-hydrogen) atoms. The summed E-state index contributed by atoms with van der Waals surface area (Å²) in [6, 6.07) is 11.7. The van der Waals surface area contributed by atoms with Gasteiger partial charge in [-0.05, 0) is 31.0 Å². The van der Waals surface area contributed by atoms with E-state index < -0.39 is 29.8 Å². The van der Waals surface area contributed by atoms with Gasteiger partial charge < -0.3 is 19.5 Å². The second kappa shape index (κ2) is 7.99. The highest BCUT2D eigenvalue weighted by atomic mass is 16.7. The Balaban J connectivity index is 1.22. The standard InChI is InChI=1S/C23H21N3O6/c27-19(13-30-22(29)20-15-6-2-3-7-16(15)21(28)26-25-20)24-14-8-9-17-18(12-14)32-23(31-17)10-4-1-5-11-23/h2-3,6-9,12H,1,4-5,10-11,13H2,(H,24,27)(H,26,28). The molecular formula is C23H21N3O6. The smallest absolute Gasteiger partial charge is 0.359 e. The van der Waals surface area contributed by atoms with Crippen LogP contribution < -0.4 is 20.3 Å². The van der Waals surface area contributed by atoms with Gasteiger partial charge >= 0.3 is 5.97 Å². The first kappa shape index (κ1) is 20.0. The van der Waals surface area contributed by atoms with Crippen LogP contribution in [0.4, 0.5) is 5.69 Å². The van der Waals surface area contributed by atoms with Crippen LogP contribution in [0.15, 0.2) is 47.3 Å². The van der Waals surface area contributed by atoms with Gasteiger partial charge in [-0.1, -0.05) is 24.6 Å². The molecule has 0 bridgehead atoms. The monoisotopic (exact) mass is 435 g/mol. The lowest BCUT2D eigenvalue weighted by Gasteiger charge is -2.31. The predicted molar refractivity (Wildman–Crippen MR) is 115 cm³/mol. The zero-order valence-electron chi connectivity index (χ0n) is 17.2. The molecule has 164 valence electrons. The maximum absolute atomic E-state index is 12.4. The molecule has 9 nitrogen and oxygen atoms in total. The van der Waals surface area contributed by atoms with Crippen LogP contribution in [0.25, 0.3) is 10.8 Å². The van der Waals surface area contributed by atoms with Crippen molar-refractivity contribution in [1.82, 2.24) is 10.2 Å². The van der Waals surface area contributed by atoms with E-state index in [-0.39, 0.29) is 5.69 Å². The minimum atomic E-state index is -0.808. The Bertz CT molecular complexity index is 1260. The zero-order chi connectivity index (χ0) is 22.1. The van der Waals surface area contributed by atoms with E-state index in [1.165, 1.54) is 6.42 Å². The number of H-pyrrole nitrogens is 1. The number of anilines is 1. The molecule has 3 aromatic rings. The number of amides is 1. The molecule has 1 aliphatic carbocycles. The van der Waals surface area contributed by atoms with Crippen molar-refractivity contribution in [3.05, 3.63) is 58.5 Å². The molecule has 2 N–H and O–H groups in total. The van der Waals surface area contributed by atoms with Gasteiger partial charge in [0.2, 0.25) is 0 Å². The molecule has 2 aromatic carbocycles. The lowest BCUT2D eigenvalue weighted by molar-refractivity contribution is -0.119. The van der Waals surface area contributed by atoms with Gasteiger partial charge in [0.25, 0.3) is 17.3 Å². The van der Waals surface area contributed by atoms with E-state index >= 15 is 0 Å². The number of nitrogens with zero attached hydrogens (tertiary/aromatic N) is 1. The number of hydrogen-bond acceptors (Lipinski definition) is 7. The van der Waals surface area contributed by atoms with E-state index in [1.807, 2.05) is 0 Å². The number of nitrogens with one attached hydrogen (secondary N) is 2. The molecule has 1 saturated carbocycles. The Kier molecular flexibility index (Phi) is 5.01. The Labute approximate surface area is 182 Å². The second-order valence-electron chi connectivity index (χ2n) is 7.91. The maximum Gasteiger partial charge on any atom is 0.359 e. The average molecular weight is 435 g/mol. The number of ether oxygens (including phenoxy) is 3. The van der Waals surface area contributed by atoms with Crippen molar-refractivity contribution in [1.29, 1.82) is 0 Å². The van der Waals surface area contributed by atoms with E-state index in [9.17, 15) is 14.4 Å². The van der Waals surface area contributed by atoms with Crippen molar-refractivity contribution in [2.24, 2.45) is 0 Å². The first-order chi connectivity index (χ1) is 15.5. The number of carbonyl (C=O) groups is 2. The maximum atomic E-state index is 12.4. The van der Waals surface area contributed by atoms with Crippen molar-refractivity contribution in [3.63, 3.8) is 0 Å². The van der Waals surface area contributed by atoms with Gasteiger partial charge in [0.05, 0.1) is 5.39 Å². The highest BCUT2D eigenvalue weighted by Crippen LogP contribution is 2.46. The van der Waals surface area contributed by atoms with Crippen LogP contribution >= 0.6 is 0 Å². The number of esters is 1. The van der Waals surface area contributed by atoms with E-state index in [4.69, 9.17) is 14.2 Å². The minimum Gasteiger partial charge on any atom is -0.451 e. The van der Waals surface area contributed by atoms with E-state index in [0.29, 0.717) is 28.0 Å². The zero-order valence-corrected chi connectivity index (χ0v) is 17.2.